The van der Waals surface area contributed by atoms with E-state index in [9.17, 15) is 4.79 Å². The highest BCUT2D eigenvalue weighted by molar-refractivity contribution is 7.22. The van der Waals surface area contributed by atoms with Crippen molar-refractivity contribution in [2.75, 3.05) is 14.2 Å². The van der Waals surface area contributed by atoms with Crippen LogP contribution in [0, 0.1) is 13.8 Å². The normalized spacial score (nSPS) is 11.2. The summed E-state index contributed by atoms with van der Waals surface area (Å²) in [6.07, 6.45) is 0.705. The van der Waals surface area contributed by atoms with Gasteiger partial charge in [0, 0.05) is 22.0 Å². The van der Waals surface area contributed by atoms with E-state index in [1.54, 1.807) is 25.6 Å². The quantitative estimate of drug-likeness (QED) is 0.361. The molecule has 2 aromatic carbocycles. The van der Waals surface area contributed by atoms with Gasteiger partial charge in [0.2, 0.25) is 0 Å². The Bertz CT molecular complexity index is 1320. The van der Waals surface area contributed by atoms with Gasteiger partial charge in [-0.2, -0.15) is 0 Å². The number of hydrogen-bond acceptors (Lipinski definition) is 4. The van der Waals surface area contributed by atoms with Crippen LogP contribution in [0.15, 0.2) is 42.5 Å². The second-order valence-corrected chi connectivity index (χ2v) is 9.16. The Morgan fingerprint density at radius 1 is 1.09 bits per heavy atom. The van der Waals surface area contributed by atoms with Gasteiger partial charge in [0.15, 0.2) is 0 Å². The molecule has 0 aliphatic rings. The topological polar surface area (TPSA) is 66.5 Å². The van der Waals surface area contributed by atoms with Crippen LogP contribution in [0.2, 0.25) is 5.02 Å². The molecule has 0 saturated heterocycles. The predicted molar refractivity (Wildman–Crippen MR) is 132 cm³/mol. The van der Waals surface area contributed by atoms with E-state index in [-0.39, 0.29) is 0 Å². The largest absolute Gasteiger partial charge is 0.497 e. The number of primary amides is 1. The second-order valence-electron chi connectivity index (χ2n) is 7.67. The number of halogens is 1. The van der Waals surface area contributed by atoms with E-state index in [1.165, 1.54) is 0 Å². The first-order valence-electron chi connectivity index (χ1n) is 10.2. The zero-order chi connectivity index (χ0) is 23.0. The number of nitrogens with two attached hydrogens (primary N) is 1. The SMILES string of the molecule is COc1ccc(OC)c(CCn2c(-c3sc4ccc(Cl)cc4c3C)cc(C(N)=O)c2C)c1. The number of rotatable bonds is 7. The summed E-state index contributed by atoms with van der Waals surface area (Å²) in [4.78, 5) is 13.2. The van der Waals surface area contributed by atoms with E-state index in [1.807, 2.05) is 49.4 Å². The van der Waals surface area contributed by atoms with Crippen LogP contribution < -0.4 is 15.2 Å². The molecule has 1 amide bonds. The number of methoxy groups -OCH3 is 2. The fourth-order valence-electron chi connectivity index (χ4n) is 4.12. The maximum Gasteiger partial charge on any atom is 0.250 e. The van der Waals surface area contributed by atoms with Gasteiger partial charge in [0.05, 0.1) is 30.4 Å². The summed E-state index contributed by atoms with van der Waals surface area (Å²) >= 11 is 7.93. The molecule has 7 heteroatoms. The number of ether oxygens (including phenoxy) is 2. The molecule has 0 aliphatic carbocycles. The van der Waals surface area contributed by atoms with Gasteiger partial charge < -0.3 is 19.8 Å². The van der Waals surface area contributed by atoms with E-state index in [4.69, 9.17) is 26.8 Å². The number of carbonyl (C=O) groups is 1. The molecule has 0 bridgehead atoms. The molecule has 4 aromatic rings. The molecule has 32 heavy (non-hydrogen) atoms. The summed E-state index contributed by atoms with van der Waals surface area (Å²) in [5.74, 6) is 1.16. The Labute approximate surface area is 196 Å². The number of fused-ring (bicyclic) bond motifs is 1. The average molecular weight is 469 g/mol. The number of amides is 1. The lowest BCUT2D eigenvalue weighted by atomic mass is 10.1. The molecule has 0 atom stereocenters. The van der Waals surface area contributed by atoms with E-state index < -0.39 is 5.91 Å². The van der Waals surface area contributed by atoms with Crippen molar-refractivity contribution in [3.8, 4) is 22.1 Å². The minimum Gasteiger partial charge on any atom is -0.497 e. The van der Waals surface area contributed by atoms with Gasteiger partial charge in [0.25, 0.3) is 5.91 Å². The standard InChI is InChI=1S/C25H25ClN2O3S/c1-14-19-12-17(26)5-8-23(19)32-24(14)21-13-20(25(27)29)15(2)28(21)10-9-16-11-18(30-3)6-7-22(16)31-4/h5-8,11-13H,9-10H2,1-4H3,(H2,27,29). The summed E-state index contributed by atoms with van der Waals surface area (Å²) in [6, 6.07) is 13.6. The zero-order valence-corrected chi connectivity index (χ0v) is 20.1. The third kappa shape index (κ3) is 3.96. The molecule has 0 aliphatic heterocycles. The summed E-state index contributed by atoms with van der Waals surface area (Å²) in [6.45, 7) is 4.69. The Morgan fingerprint density at radius 3 is 2.56 bits per heavy atom. The fraction of sp³-hybridized carbons (Fsp3) is 0.240. The first-order chi connectivity index (χ1) is 15.3. The Hall–Kier alpha value is -2.96. The number of nitrogens with zero attached hydrogens (tertiary/aromatic N) is 1. The van der Waals surface area contributed by atoms with Gasteiger partial charge in [-0.1, -0.05) is 11.6 Å². The first-order valence-corrected chi connectivity index (χ1v) is 11.4. The van der Waals surface area contributed by atoms with Crippen molar-refractivity contribution in [1.82, 2.24) is 4.57 Å². The zero-order valence-electron chi connectivity index (χ0n) is 18.5. The van der Waals surface area contributed by atoms with Crippen LogP contribution in [0.3, 0.4) is 0 Å². The van der Waals surface area contributed by atoms with Gasteiger partial charge >= 0.3 is 0 Å². The molecule has 0 radical (unpaired) electrons. The van der Waals surface area contributed by atoms with Crippen molar-refractivity contribution in [3.05, 3.63) is 69.9 Å². The molecule has 4 rings (SSSR count). The lowest BCUT2D eigenvalue weighted by Crippen LogP contribution is -2.13. The molecule has 5 nitrogen and oxygen atoms in total. The molecular weight excluding hydrogens is 444 g/mol. The third-order valence-corrected chi connectivity index (χ3v) is 7.39. The fourth-order valence-corrected chi connectivity index (χ4v) is 5.50. The Kier molecular flexibility index (Phi) is 6.17. The van der Waals surface area contributed by atoms with E-state index in [0.717, 1.165) is 49.0 Å². The van der Waals surface area contributed by atoms with Gasteiger partial charge in [-0.25, -0.2) is 0 Å². The highest BCUT2D eigenvalue weighted by atomic mass is 35.5. The van der Waals surface area contributed by atoms with Crippen LogP contribution in [0.4, 0.5) is 0 Å². The molecule has 0 unspecified atom stereocenters. The monoisotopic (exact) mass is 468 g/mol. The Balaban J connectivity index is 1.80. The van der Waals surface area contributed by atoms with Crippen molar-refractivity contribution < 1.29 is 14.3 Å². The summed E-state index contributed by atoms with van der Waals surface area (Å²) in [5.41, 5.74) is 10.2. The van der Waals surface area contributed by atoms with Crippen molar-refractivity contribution in [2.45, 2.75) is 26.8 Å². The molecule has 0 spiro atoms. The maximum absolute atomic E-state index is 12.1. The maximum atomic E-state index is 12.1. The predicted octanol–water partition coefficient (Wildman–Crippen LogP) is 6.00. The van der Waals surface area contributed by atoms with Crippen molar-refractivity contribution in [1.29, 1.82) is 0 Å². The number of aryl methyl sites for hydroxylation is 2. The van der Waals surface area contributed by atoms with Crippen molar-refractivity contribution in [3.63, 3.8) is 0 Å². The highest BCUT2D eigenvalue weighted by Crippen LogP contribution is 2.40. The molecule has 166 valence electrons. The van der Waals surface area contributed by atoms with Gasteiger partial charge in [-0.15, -0.1) is 11.3 Å². The molecular formula is C25H25ClN2O3S. The van der Waals surface area contributed by atoms with Crippen LogP contribution in [0.1, 0.15) is 27.2 Å². The molecule has 2 N–H and O–H groups in total. The molecule has 0 saturated carbocycles. The van der Waals surface area contributed by atoms with Crippen LogP contribution in [-0.2, 0) is 13.0 Å². The van der Waals surface area contributed by atoms with Gasteiger partial charge in [-0.05, 0) is 79.2 Å². The second kappa shape index (κ2) is 8.88. The van der Waals surface area contributed by atoms with Crippen molar-refractivity contribution >= 4 is 38.9 Å². The van der Waals surface area contributed by atoms with E-state index >= 15 is 0 Å². The number of benzene rings is 2. The lowest BCUT2D eigenvalue weighted by Gasteiger charge is -2.14. The van der Waals surface area contributed by atoms with Gasteiger partial charge in [-0.3, -0.25) is 4.79 Å². The number of carbonyl (C=O) groups excluding carboxylic acids is 1. The van der Waals surface area contributed by atoms with E-state index in [0.29, 0.717) is 23.6 Å². The van der Waals surface area contributed by atoms with Crippen LogP contribution >= 0.6 is 22.9 Å². The summed E-state index contributed by atoms with van der Waals surface area (Å²) < 4.78 is 14.2. The lowest BCUT2D eigenvalue weighted by molar-refractivity contribution is 0.0999. The van der Waals surface area contributed by atoms with E-state index in [2.05, 4.69) is 11.5 Å². The molecule has 2 aromatic heterocycles. The van der Waals surface area contributed by atoms with Crippen LogP contribution in [0.5, 0.6) is 11.5 Å². The number of hydrogen-bond donors (Lipinski definition) is 1. The van der Waals surface area contributed by atoms with Crippen LogP contribution in [-0.4, -0.2) is 24.7 Å². The average Bonchev–Trinajstić information content (AvgIpc) is 3.28. The summed E-state index contributed by atoms with van der Waals surface area (Å²) in [5, 5.41) is 1.83. The number of thiophene rings is 1. The minimum absolute atomic E-state index is 0.428. The molecule has 0 fully saturated rings. The van der Waals surface area contributed by atoms with Crippen LogP contribution in [0.25, 0.3) is 20.7 Å². The smallest absolute Gasteiger partial charge is 0.250 e. The first kappa shape index (κ1) is 22.2. The summed E-state index contributed by atoms with van der Waals surface area (Å²) in [7, 11) is 3.31. The molecule has 2 heterocycles. The number of aromatic nitrogens is 1. The van der Waals surface area contributed by atoms with Gasteiger partial charge in [0.1, 0.15) is 11.5 Å². The van der Waals surface area contributed by atoms with Crippen molar-refractivity contribution in [2.24, 2.45) is 5.73 Å². The Morgan fingerprint density at radius 2 is 1.88 bits per heavy atom. The third-order valence-electron chi connectivity index (χ3n) is 5.86. The minimum atomic E-state index is -0.428. The highest BCUT2D eigenvalue weighted by Gasteiger charge is 2.21.